The van der Waals surface area contributed by atoms with E-state index in [-0.39, 0.29) is 0 Å². The van der Waals surface area contributed by atoms with Gasteiger partial charge >= 0.3 is 0 Å². The topological polar surface area (TPSA) is 80.2 Å². The molecule has 0 aromatic carbocycles. The first-order chi connectivity index (χ1) is 11.0. The van der Waals surface area contributed by atoms with Crippen molar-refractivity contribution < 1.29 is 4.42 Å². The lowest BCUT2D eigenvalue weighted by molar-refractivity contribution is 0.518. The monoisotopic (exact) mass is 317 g/mol. The van der Waals surface area contributed by atoms with Crippen LogP contribution in [-0.2, 0) is 6.54 Å². The fourth-order valence-corrected chi connectivity index (χ4v) is 2.49. The zero-order valence-electron chi connectivity index (χ0n) is 14.4. The van der Waals surface area contributed by atoms with Gasteiger partial charge in [-0.05, 0) is 24.0 Å². The van der Waals surface area contributed by atoms with Crippen LogP contribution in [0.25, 0.3) is 0 Å². The number of nitrogens with one attached hydrogen (secondary N) is 1. The van der Waals surface area contributed by atoms with Crippen molar-refractivity contribution in [2.75, 3.05) is 29.0 Å². The molecule has 0 radical (unpaired) electrons. The Labute approximate surface area is 138 Å². The second kappa shape index (κ2) is 7.85. The summed E-state index contributed by atoms with van der Waals surface area (Å²) in [5.74, 6) is 3.34. The predicted molar refractivity (Wildman–Crippen MR) is 94.4 cm³/mol. The zero-order valence-corrected chi connectivity index (χ0v) is 14.4. The summed E-state index contributed by atoms with van der Waals surface area (Å²) in [7, 11) is 0. The number of hydrogen-bond donors (Lipinski definition) is 2. The molecule has 2 heterocycles. The summed E-state index contributed by atoms with van der Waals surface area (Å²) in [6.07, 6.45) is 3.21. The average molecular weight is 317 g/mol. The standard InChI is InChI=1S/C17H27N5O/c1-12(2)9-22(10-13(3)4)17-15(18)16(20-11-21-17)19-8-14-6-5-7-23-14/h5-7,11-13H,8-10,18H2,1-4H3,(H,19,20,21). The van der Waals surface area contributed by atoms with Gasteiger partial charge in [-0.2, -0.15) is 0 Å². The summed E-state index contributed by atoms with van der Waals surface area (Å²) in [4.78, 5) is 10.9. The minimum Gasteiger partial charge on any atom is -0.467 e. The van der Waals surface area contributed by atoms with Gasteiger partial charge < -0.3 is 20.4 Å². The van der Waals surface area contributed by atoms with Crippen LogP contribution in [0.5, 0.6) is 0 Å². The number of nitrogen functional groups attached to an aromatic ring is 1. The Kier molecular flexibility index (Phi) is 5.84. The first-order valence-corrected chi connectivity index (χ1v) is 8.09. The molecule has 0 saturated carbocycles. The fraction of sp³-hybridized carbons (Fsp3) is 0.529. The number of nitrogens with two attached hydrogens (primary N) is 1. The molecule has 0 amide bonds. The minimum atomic E-state index is 0.530. The molecule has 0 aliphatic heterocycles. The van der Waals surface area contributed by atoms with Gasteiger partial charge in [-0.1, -0.05) is 27.7 Å². The number of nitrogens with zero attached hydrogens (tertiary/aromatic N) is 3. The van der Waals surface area contributed by atoms with Crippen molar-refractivity contribution in [1.82, 2.24) is 9.97 Å². The minimum absolute atomic E-state index is 0.530. The molecule has 23 heavy (non-hydrogen) atoms. The largest absolute Gasteiger partial charge is 0.467 e. The van der Waals surface area contributed by atoms with Crippen molar-refractivity contribution in [3.8, 4) is 0 Å². The SMILES string of the molecule is CC(C)CN(CC(C)C)c1ncnc(NCc2ccco2)c1N. The average Bonchev–Trinajstić information content (AvgIpc) is 2.98. The Bertz CT molecular complexity index is 585. The maximum atomic E-state index is 6.32. The van der Waals surface area contributed by atoms with Crippen LogP contribution in [0.4, 0.5) is 17.3 Å². The molecule has 0 bridgehead atoms. The van der Waals surface area contributed by atoms with E-state index in [4.69, 9.17) is 10.2 Å². The molecule has 0 aliphatic carbocycles. The Morgan fingerprint density at radius 2 is 1.87 bits per heavy atom. The maximum Gasteiger partial charge on any atom is 0.157 e. The van der Waals surface area contributed by atoms with Gasteiger partial charge in [0, 0.05) is 13.1 Å². The normalized spacial score (nSPS) is 11.2. The molecule has 126 valence electrons. The molecule has 0 aliphatic rings. The first kappa shape index (κ1) is 17.1. The van der Waals surface area contributed by atoms with E-state index in [9.17, 15) is 0 Å². The van der Waals surface area contributed by atoms with Crippen LogP contribution in [0, 0.1) is 11.8 Å². The molecule has 6 heteroatoms. The van der Waals surface area contributed by atoms with Crippen LogP contribution < -0.4 is 16.0 Å². The van der Waals surface area contributed by atoms with Crippen molar-refractivity contribution in [1.29, 1.82) is 0 Å². The Morgan fingerprint density at radius 1 is 1.17 bits per heavy atom. The second-order valence-corrected chi connectivity index (χ2v) is 6.59. The third kappa shape index (κ3) is 4.87. The van der Waals surface area contributed by atoms with Crippen molar-refractivity contribution in [2.45, 2.75) is 34.2 Å². The Morgan fingerprint density at radius 3 is 2.43 bits per heavy atom. The smallest absolute Gasteiger partial charge is 0.157 e. The van der Waals surface area contributed by atoms with Crippen LogP contribution in [0.2, 0.25) is 0 Å². The number of hydrogen-bond acceptors (Lipinski definition) is 6. The van der Waals surface area contributed by atoms with Crippen LogP contribution in [0.1, 0.15) is 33.5 Å². The molecule has 0 saturated heterocycles. The summed E-state index contributed by atoms with van der Waals surface area (Å²) in [6, 6.07) is 3.77. The molecule has 0 fully saturated rings. The highest BCUT2D eigenvalue weighted by Crippen LogP contribution is 2.27. The van der Waals surface area contributed by atoms with Crippen LogP contribution in [0.3, 0.4) is 0 Å². The molecule has 3 N–H and O–H groups in total. The van der Waals surface area contributed by atoms with E-state index < -0.39 is 0 Å². The van der Waals surface area contributed by atoms with Gasteiger partial charge in [0.2, 0.25) is 0 Å². The van der Waals surface area contributed by atoms with Crippen molar-refractivity contribution in [3.05, 3.63) is 30.5 Å². The van der Waals surface area contributed by atoms with Crippen molar-refractivity contribution >= 4 is 17.3 Å². The van der Waals surface area contributed by atoms with Gasteiger partial charge in [-0.3, -0.25) is 0 Å². The lowest BCUT2D eigenvalue weighted by Gasteiger charge is -2.28. The molecule has 2 aromatic rings. The zero-order chi connectivity index (χ0) is 16.8. The summed E-state index contributed by atoms with van der Waals surface area (Å²) in [5.41, 5.74) is 6.90. The van der Waals surface area contributed by atoms with E-state index in [0.717, 1.165) is 24.7 Å². The summed E-state index contributed by atoms with van der Waals surface area (Å²) < 4.78 is 5.32. The molecule has 2 aromatic heterocycles. The molecule has 0 unspecified atom stereocenters. The third-order valence-electron chi connectivity index (χ3n) is 3.34. The molecular weight excluding hydrogens is 290 g/mol. The van der Waals surface area contributed by atoms with E-state index in [1.54, 1.807) is 12.6 Å². The second-order valence-electron chi connectivity index (χ2n) is 6.59. The first-order valence-electron chi connectivity index (χ1n) is 8.09. The Hall–Kier alpha value is -2.24. The highest BCUT2D eigenvalue weighted by molar-refractivity contribution is 5.74. The lowest BCUT2D eigenvalue weighted by Crippen LogP contribution is -2.33. The van der Waals surface area contributed by atoms with E-state index in [1.165, 1.54) is 0 Å². The Balaban J connectivity index is 2.18. The molecule has 6 nitrogen and oxygen atoms in total. The van der Waals surface area contributed by atoms with Crippen LogP contribution in [-0.4, -0.2) is 23.1 Å². The van der Waals surface area contributed by atoms with Crippen molar-refractivity contribution in [3.63, 3.8) is 0 Å². The van der Waals surface area contributed by atoms with Gasteiger partial charge in [0.1, 0.15) is 17.8 Å². The number of aromatic nitrogens is 2. The van der Waals surface area contributed by atoms with E-state index in [2.05, 4.69) is 47.9 Å². The summed E-state index contributed by atoms with van der Waals surface area (Å²) >= 11 is 0. The van der Waals surface area contributed by atoms with Gasteiger partial charge in [0.25, 0.3) is 0 Å². The van der Waals surface area contributed by atoms with Crippen LogP contribution >= 0.6 is 0 Å². The van der Waals surface area contributed by atoms with E-state index >= 15 is 0 Å². The van der Waals surface area contributed by atoms with E-state index in [0.29, 0.717) is 29.9 Å². The van der Waals surface area contributed by atoms with Crippen LogP contribution in [0.15, 0.2) is 29.1 Å². The highest BCUT2D eigenvalue weighted by Gasteiger charge is 2.17. The quantitative estimate of drug-likeness (QED) is 0.777. The number of anilines is 3. The molecular formula is C17H27N5O. The molecule has 0 atom stereocenters. The van der Waals surface area contributed by atoms with Gasteiger partial charge in [0.15, 0.2) is 11.6 Å². The summed E-state index contributed by atoms with van der Waals surface area (Å²) in [5, 5.41) is 3.22. The maximum absolute atomic E-state index is 6.32. The van der Waals surface area contributed by atoms with Gasteiger partial charge in [-0.15, -0.1) is 0 Å². The summed E-state index contributed by atoms with van der Waals surface area (Å²) in [6.45, 7) is 11.2. The number of rotatable bonds is 8. The number of furan rings is 1. The lowest BCUT2D eigenvalue weighted by atomic mass is 10.1. The molecule has 0 spiro atoms. The van der Waals surface area contributed by atoms with E-state index in [1.807, 2.05) is 12.1 Å². The fourth-order valence-electron chi connectivity index (χ4n) is 2.49. The van der Waals surface area contributed by atoms with Gasteiger partial charge in [-0.25, -0.2) is 9.97 Å². The highest BCUT2D eigenvalue weighted by atomic mass is 16.3. The van der Waals surface area contributed by atoms with Gasteiger partial charge in [0.05, 0.1) is 12.8 Å². The third-order valence-corrected chi connectivity index (χ3v) is 3.34. The predicted octanol–water partition coefficient (Wildman–Crippen LogP) is 3.38. The van der Waals surface area contributed by atoms with Crippen molar-refractivity contribution in [2.24, 2.45) is 11.8 Å². The molecule has 2 rings (SSSR count).